The molecule has 9 atom stereocenters. The largest absolute Gasteiger partial charge is 0.393 e. The molecule has 3 nitrogen and oxygen atoms in total. The molecular weight excluding hydrogens is 382 g/mol. The molecule has 0 aromatic carbocycles. The van der Waals surface area contributed by atoms with Gasteiger partial charge in [-0.1, -0.05) is 58.6 Å². The second-order valence-electron chi connectivity index (χ2n) is 12.6. The highest BCUT2D eigenvalue weighted by Gasteiger charge is 2.59. The highest BCUT2D eigenvalue weighted by molar-refractivity contribution is 5.73. The molecule has 0 aromatic heterocycles. The second kappa shape index (κ2) is 8.84. The topological polar surface area (TPSA) is 63.3 Å². The Bertz CT molecular complexity index is 701. The van der Waals surface area contributed by atoms with Crippen molar-refractivity contribution in [2.24, 2.45) is 52.1 Å². The molecule has 3 saturated carbocycles. The molecule has 4 rings (SSSR count). The van der Waals surface area contributed by atoms with Crippen molar-refractivity contribution in [3.8, 4) is 0 Å². The molecule has 3 fully saturated rings. The zero-order valence-corrected chi connectivity index (χ0v) is 20.5. The third kappa shape index (κ3) is 4.25. The summed E-state index contributed by atoms with van der Waals surface area (Å²) in [5, 5.41) is 10.2. The number of fused-ring (bicyclic) bond motifs is 5. The summed E-state index contributed by atoms with van der Waals surface area (Å²) in [4.78, 5) is 11.2. The molecule has 3 heteroatoms. The van der Waals surface area contributed by atoms with Crippen LogP contribution in [0.1, 0.15) is 105 Å². The maximum atomic E-state index is 11.2. The molecule has 0 heterocycles. The van der Waals surface area contributed by atoms with E-state index in [9.17, 15) is 9.90 Å². The number of hydrogen-bond donors (Lipinski definition) is 2. The monoisotopic (exact) mass is 429 g/mol. The predicted molar refractivity (Wildman–Crippen MR) is 127 cm³/mol. The Labute approximate surface area is 190 Å². The zero-order valence-electron chi connectivity index (χ0n) is 20.5. The molecule has 0 spiro atoms. The van der Waals surface area contributed by atoms with Crippen molar-refractivity contribution in [3.05, 3.63) is 11.6 Å². The predicted octanol–water partition coefficient (Wildman–Crippen LogP) is 6.24. The van der Waals surface area contributed by atoms with Crippen molar-refractivity contribution in [2.75, 3.05) is 0 Å². The molecule has 0 bridgehead atoms. The highest BCUT2D eigenvalue weighted by atomic mass is 16.3. The molecule has 0 aromatic rings. The van der Waals surface area contributed by atoms with Gasteiger partial charge in [0.1, 0.15) is 0 Å². The van der Waals surface area contributed by atoms with Gasteiger partial charge in [-0.05, 0) is 97.7 Å². The second-order valence-corrected chi connectivity index (χ2v) is 12.6. The molecule has 176 valence electrons. The van der Waals surface area contributed by atoms with E-state index in [2.05, 4.69) is 33.8 Å². The van der Waals surface area contributed by atoms with Gasteiger partial charge in [0, 0.05) is 6.42 Å². The number of amides is 1. The van der Waals surface area contributed by atoms with E-state index in [1.807, 2.05) is 0 Å². The first-order chi connectivity index (χ1) is 14.6. The Morgan fingerprint density at radius 2 is 1.90 bits per heavy atom. The summed E-state index contributed by atoms with van der Waals surface area (Å²) in [7, 11) is 0. The fourth-order valence-corrected chi connectivity index (χ4v) is 9.05. The first kappa shape index (κ1) is 23.3. The van der Waals surface area contributed by atoms with Crippen LogP contribution >= 0.6 is 0 Å². The van der Waals surface area contributed by atoms with Crippen LogP contribution in [0.2, 0.25) is 0 Å². The van der Waals surface area contributed by atoms with Crippen molar-refractivity contribution in [2.45, 2.75) is 111 Å². The average Bonchev–Trinajstić information content (AvgIpc) is 3.05. The summed E-state index contributed by atoms with van der Waals surface area (Å²) in [6, 6.07) is 0. The molecule has 4 aliphatic carbocycles. The molecule has 3 N–H and O–H groups in total. The van der Waals surface area contributed by atoms with Crippen molar-refractivity contribution in [1.82, 2.24) is 0 Å². The number of carbonyl (C=O) groups excluding carboxylic acids is 1. The molecule has 0 aliphatic heterocycles. The number of rotatable bonds is 7. The Hall–Kier alpha value is -0.830. The summed E-state index contributed by atoms with van der Waals surface area (Å²) < 4.78 is 0. The number of allylic oxidation sites excluding steroid dienone is 1. The van der Waals surface area contributed by atoms with Gasteiger partial charge in [0.15, 0.2) is 0 Å². The number of aliphatic hydroxyl groups excluding tert-OH is 1. The van der Waals surface area contributed by atoms with Crippen LogP contribution in [-0.4, -0.2) is 17.1 Å². The molecule has 4 aliphatic rings. The smallest absolute Gasteiger partial charge is 0.217 e. The molecular formula is C28H47NO2. The van der Waals surface area contributed by atoms with Crippen molar-refractivity contribution < 1.29 is 9.90 Å². The van der Waals surface area contributed by atoms with E-state index in [4.69, 9.17) is 5.73 Å². The van der Waals surface area contributed by atoms with E-state index in [0.29, 0.717) is 23.2 Å². The minimum absolute atomic E-state index is 0.105. The summed E-state index contributed by atoms with van der Waals surface area (Å²) in [5.41, 5.74) is 7.82. The quantitative estimate of drug-likeness (QED) is 0.470. The molecule has 31 heavy (non-hydrogen) atoms. The van der Waals surface area contributed by atoms with Crippen molar-refractivity contribution in [3.63, 3.8) is 0 Å². The van der Waals surface area contributed by atoms with Crippen LogP contribution < -0.4 is 5.73 Å². The van der Waals surface area contributed by atoms with Gasteiger partial charge in [0.2, 0.25) is 5.91 Å². The summed E-state index contributed by atoms with van der Waals surface area (Å²) >= 11 is 0. The van der Waals surface area contributed by atoms with E-state index < -0.39 is 0 Å². The minimum atomic E-state index is -0.158. The highest BCUT2D eigenvalue weighted by Crippen LogP contribution is 2.67. The maximum absolute atomic E-state index is 11.2. The molecule has 1 amide bonds. The van der Waals surface area contributed by atoms with Gasteiger partial charge in [-0.2, -0.15) is 0 Å². The lowest BCUT2D eigenvalue weighted by atomic mass is 9.47. The number of primary amides is 1. The van der Waals surface area contributed by atoms with Crippen LogP contribution in [0.4, 0.5) is 0 Å². The number of nitrogens with two attached hydrogens (primary N) is 1. The van der Waals surface area contributed by atoms with E-state index in [-0.39, 0.29) is 12.0 Å². The fourth-order valence-electron chi connectivity index (χ4n) is 9.05. The normalized spacial score (nSPS) is 43.9. The lowest BCUT2D eigenvalue weighted by Gasteiger charge is -2.58. The van der Waals surface area contributed by atoms with Crippen LogP contribution in [-0.2, 0) is 4.79 Å². The lowest BCUT2D eigenvalue weighted by molar-refractivity contribution is -0.118. The van der Waals surface area contributed by atoms with Crippen LogP contribution in [0.15, 0.2) is 11.6 Å². The number of carbonyl (C=O) groups is 1. The van der Waals surface area contributed by atoms with Gasteiger partial charge in [0.25, 0.3) is 0 Å². The first-order valence-corrected chi connectivity index (χ1v) is 13.3. The average molecular weight is 430 g/mol. The molecule has 2 unspecified atom stereocenters. The Kier molecular flexibility index (Phi) is 6.65. The summed E-state index contributed by atoms with van der Waals surface area (Å²) in [6.45, 7) is 9.85. The zero-order chi connectivity index (χ0) is 22.4. The van der Waals surface area contributed by atoms with Gasteiger partial charge in [-0.15, -0.1) is 0 Å². The Balaban J connectivity index is 1.41. The maximum Gasteiger partial charge on any atom is 0.217 e. The molecule has 0 radical (unpaired) electrons. The molecule has 0 saturated heterocycles. The standard InChI is InChI=1S/C28H47NO2/c1-18(16-26(29)31)6-5-7-19(2)23-10-11-24-22-9-8-20-17-21(30)12-14-27(20,3)25(22)13-15-28(23,24)4/h8,18-19,21-25,30H,5-7,9-17H2,1-4H3,(H2,29,31)/t18?,19?,21-,22-,23+,24-,25-,27-,28+/m0/s1. The van der Waals surface area contributed by atoms with Gasteiger partial charge in [-0.3, -0.25) is 4.79 Å². The van der Waals surface area contributed by atoms with E-state index in [0.717, 1.165) is 48.9 Å². The third-order valence-corrected chi connectivity index (χ3v) is 10.7. The van der Waals surface area contributed by atoms with Crippen LogP contribution in [0.3, 0.4) is 0 Å². The summed E-state index contributed by atoms with van der Waals surface area (Å²) in [6.07, 6.45) is 16.6. The number of hydrogen-bond acceptors (Lipinski definition) is 2. The van der Waals surface area contributed by atoms with E-state index in [1.165, 1.54) is 51.4 Å². The van der Waals surface area contributed by atoms with E-state index >= 15 is 0 Å². The SMILES string of the molecule is CC(CCCC(C)[C@H]1CC[C@H]2[C@@H]3CC=C4C[C@@H](O)CC[C@]4(C)[C@H]3CC[C@]12C)CC(N)=O. The van der Waals surface area contributed by atoms with Gasteiger partial charge in [-0.25, -0.2) is 0 Å². The van der Waals surface area contributed by atoms with Crippen molar-refractivity contribution >= 4 is 5.91 Å². The van der Waals surface area contributed by atoms with Crippen LogP contribution in [0, 0.1) is 46.3 Å². The number of aliphatic hydroxyl groups is 1. The lowest BCUT2D eigenvalue weighted by Crippen LogP contribution is -2.50. The van der Waals surface area contributed by atoms with Crippen LogP contribution in [0.5, 0.6) is 0 Å². The van der Waals surface area contributed by atoms with E-state index in [1.54, 1.807) is 5.57 Å². The summed E-state index contributed by atoms with van der Waals surface area (Å²) in [5.74, 6) is 4.48. The van der Waals surface area contributed by atoms with Gasteiger partial charge in [0.05, 0.1) is 6.10 Å². The fraction of sp³-hybridized carbons (Fsp3) is 0.893. The Morgan fingerprint density at radius 1 is 1.13 bits per heavy atom. The minimum Gasteiger partial charge on any atom is -0.393 e. The third-order valence-electron chi connectivity index (χ3n) is 10.7. The van der Waals surface area contributed by atoms with Gasteiger partial charge >= 0.3 is 0 Å². The van der Waals surface area contributed by atoms with Crippen LogP contribution in [0.25, 0.3) is 0 Å². The van der Waals surface area contributed by atoms with Crippen molar-refractivity contribution in [1.29, 1.82) is 0 Å². The Morgan fingerprint density at radius 3 is 2.65 bits per heavy atom. The van der Waals surface area contributed by atoms with Gasteiger partial charge < -0.3 is 10.8 Å². The first-order valence-electron chi connectivity index (χ1n) is 13.3.